The molecule has 2 rings (SSSR count). The molecule has 2 aliphatic rings. The summed E-state index contributed by atoms with van der Waals surface area (Å²) in [4.78, 5) is 14.7. The fourth-order valence-corrected chi connectivity index (χ4v) is 3.58. The highest BCUT2D eigenvalue weighted by Crippen LogP contribution is 2.41. The van der Waals surface area contributed by atoms with Crippen LogP contribution >= 0.6 is 0 Å². The SMILES string of the molecule is CCCNC(CN1CCCC(C)C1C)(C(N)=O)C1CC1. The van der Waals surface area contributed by atoms with E-state index in [9.17, 15) is 4.79 Å². The van der Waals surface area contributed by atoms with E-state index in [-0.39, 0.29) is 5.91 Å². The summed E-state index contributed by atoms with van der Waals surface area (Å²) in [7, 11) is 0. The number of hydrogen-bond donors (Lipinski definition) is 2. The summed E-state index contributed by atoms with van der Waals surface area (Å²) in [6.07, 6.45) is 5.84. The summed E-state index contributed by atoms with van der Waals surface area (Å²) in [6.45, 7) is 9.51. The molecule has 0 spiro atoms. The lowest BCUT2D eigenvalue weighted by Gasteiger charge is -2.44. The normalized spacial score (nSPS) is 30.9. The van der Waals surface area contributed by atoms with Gasteiger partial charge in [-0.2, -0.15) is 0 Å². The van der Waals surface area contributed by atoms with Crippen molar-refractivity contribution in [2.45, 2.75) is 64.5 Å². The molecule has 116 valence electrons. The van der Waals surface area contributed by atoms with Crippen LogP contribution in [0.2, 0.25) is 0 Å². The lowest BCUT2D eigenvalue weighted by molar-refractivity contribution is -0.127. The first-order valence-electron chi connectivity index (χ1n) is 8.30. The van der Waals surface area contributed by atoms with Crippen molar-refractivity contribution in [3.8, 4) is 0 Å². The molecule has 3 N–H and O–H groups in total. The maximum atomic E-state index is 12.2. The maximum absolute atomic E-state index is 12.2. The molecule has 1 aliphatic heterocycles. The summed E-state index contributed by atoms with van der Waals surface area (Å²) in [5, 5.41) is 3.51. The number of nitrogens with zero attached hydrogens (tertiary/aromatic N) is 1. The first-order valence-corrected chi connectivity index (χ1v) is 8.30. The summed E-state index contributed by atoms with van der Waals surface area (Å²) in [5.74, 6) is 0.995. The maximum Gasteiger partial charge on any atom is 0.239 e. The van der Waals surface area contributed by atoms with Gasteiger partial charge in [-0.15, -0.1) is 0 Å². The quantitative estimate of drug-likeness (QED) is 0.747. The molecule has 1 heterocycles. The Balaban J connectivity index is 2.11. The number of primary amides is 1. The molecule has 0 radical (unpaired) electrons. The molecular formula is C16H31N3O. The van der Waals surface area contributed by atoms with Crippen LogP contribution in [0.1, 0.15) is 52.9 Å². The van der Waals surface area contributed by atoms with Crippen LogP contribution in [0, 0.1) is 11.8 Å². The van der Waals surface area contributed by atoms with Gasteiger partial charge in [0.1, 0.15) is 5.54 Å². The monoisotopic (exact) mass is 281 g/mol. The third-order valence-corrected chi connectivity index (χ3v) is 5.36. The van der Waals surface area contributed by atoms with E-state index in [1.807, 2.05) is 0 Å². The molecule has 0 bridgehead atoms. The van der Waals surface area contributed by atoms with E-state index in [2.05, 4.69) is 31.0 Å². The van der Waals surface area contributed by atoms with Gasteiger partial charge >= 0.3 is 0 Å². The summed E-state index contributed by atoms with van der Waals surface area (Å²) < 4.78 is 0. The smallest absolute Gasteiger partial charge is 0.239 e. The Morgan fingerprint density at radius 1 is 1.35 bits per heavy atom. The molecule has 0 aromatic carbocycles. The number of amides is 1. The molecule has 4 heteroatoms. The molecule has 1 saturated heterocycles. The molecule has 1 amide bonds. The van der Waals surface area contributed by atoms with Crippen LogP contribution in [-0.4, -0.2) is 42.0 Å². The number of carbonyl (C=O) groups is 1. The van der Waals surface area contributed by atoms with Crippen molar-refractivity contribution in [2.75, 3.05) is 19.6 Å². The molecule has 3 atom stereocenters. The summed E-state index contributed by atoms with van der Waals surface area (Å²) in [5.41, 5.74) is 5.32. The van der Waals surface area contributed by atoms with Crippen LogP contribution < -0.4 is 11.1 Å². The third kappa shape index (κ3) is 3.17. The minimum absolute atomic E-state index is 0.154. The predicted octanol–water partition coefficient (Wildman–Crippen LogP) is 1.74. The summed E-state index contributed by atoms with van der Waals surface area (Å²) in [6, 6.07) is 0.546. The largest absolute Gasteiger partial charge is 0.368 e. The van der Waals surface area contributed by atoms with Gasteiger partial charge in [0.05, 0.1) is 0 Å². The minimum atomic E-state index is -0.499. The highest BCUT2D eigenvalue weighted by molar-refractivity contribution is 5.86. The number of piperidine rings is 1. The Bertz CT molecular complexity index is 343. The van der Waals surface area contributed by atoms with Crippen molar-refractivity contribution in [3.05, 3.63) is 0 Å². The van der Waals surface area contributed by atoms with Gasteiger partial charge in [0.25, 0.3) is 0 Å². The van der Waals surface area contributed by atoms with Crippen molar-refractivity contribution in [1.82, 2.24) is 10.2 Å². The van der Waals surface area contributed by atoms with Crippen molar-refractivity contribution in [3.63, 3.8) is 0 Å². The molecular weight excluding hydrogens is 250 g/mol. The van der Waals surface area contributed by atoms with E-state index in [0.717, 1.165) is 38.9 Å². The van der Waals surface area contributed by atoms with Gasteiger partial charge in [0.15, 0.2) is 0 Å². The zero-order chi connectivity index (χ0) is 14.8. The fourth-order valence-electron chi connectivity index (χ4n) is 3.58. The Hall–Kier alpha value is -0.610. The van der Waals surface area contributed by atoms with Crippen molar-refractivity contribution in [2.24, 2.45) is 17.6 Å². The van der Waals surface area contributed by atoms with Crippen LogP contribution in [0.15, 0.2) is 0 Å². The van der Waals surface area contributed by atoms with Gasteiger partial charge in [-0.25, -0.2) is 0 Å². The fraction of sp³-hybridized carbons (Fsp3) is 0.938. The molecule has 0 aromatic rings. The Morgan fingerprint density at radius 3 is 2.60 bits per heavy atom. The van der Waals surface area contributed by atoms with Crippen LogP contribution in [0.3, 0.4) is 0 Å². The molecule has 4 nitrogen and oxygen atoms in total. The highest BCUT2D eigenvalue weighted by Gasteiger charge is 2.51. The molecule has 3 unspecified atom stereocenters. The zero-order valence-electron chi connectivity index (χ0n) is 13.3. The van der Waals surface area contributed by atoms with Gasteiger partial charge in [-0.3, -0.25) is 9.69 Å². The Kier molecular flexibility index (Phi) is 5.08. The lowest BCUT2D eigenvalue weighted by atomic mass is 9.86. The number of carbonyl (C=O) groups excluding carboxylic acids is 1. The van der Waals surface area contributed by atoms with Crippen LogP contribution in [0.25, 0.3) is 0 Å². The second-order valence-corrected chi connectivity index (χ2v) is 6.87. The molecule has 1 saturated carbocycles. The van der Waals surface area contributed by atoms with E-state index in [0.29, 0.717) is 17.9 Å². The van der Waals surface area contributed by atoms with E-state index in [4.69, 9.17) is 5.73 Å². The second kappa shape index (κ2) is 6.44. The average molecular weight is 281 g/mol. The predicted molar refractivity (Wildman–Crippen MR) is 82.4 cm³/mol. The molecule has 0 aromatic heterocycles. The van der Waals surface area contributed by atoms with Gasteiger partial charge < -0.3 is 11.1 Å². The Labute approximate surface area is 123 Å². The standard InChI is InChI=1S/C16H31N3O/c1-4-9-18-16(15(17)20,14-7-8-14)11-19-10-5-6-12(2)13(19)3/h12-14,18H,4-11H2,1-3H3,(H2,17,20). The topological polar surface area (TPSA) is 58.4 Å². The average Bonchev–Trinajstić information content (AvgIpc) is 3.24. The minimum Gasteiger partial charge on any atom is -0.368 e. The lowest BCUT2D eigenvalue weighted by Crippen LogP contribution is -2.65. The van der Waals surface area contributed by atoms with E-state index < -0.39 is 5.54 Å². The van der Waals surface area contributed by atoms with Crippen LogP contribution in [-0.2, 0) is 4.79 Å². The van der Waals surface area contributed by atoms with Gasteiger partial charge in [0, 0.05) is 12.6 Å². The number of likely N-dealkylation sites (tertiary alicyclic amines) is 1. The Morgan fingerprint density at radius 2 is 2.05 bits per heavy atom. The van der Waals surface area contributed by atoms with Gasteiger partial charge in [-0.05, 0) is 64.0 Å². The number of nitrogens with two attached hydrogens (primary N) is 1. The molecule has 2 fully saturated rings. The van der Waals surface area contributed by atoms with E-state index in [1.54, 1.807) is 0 Å². The second-order valence-electron chi connectivity index (χ2n) is 6.87. The summed E-state index contributed by atoms with van der Waals surface area (Å²) >= 11 is 0. The first-order chi connectivity index (χ1) is 9.51. The van der Waals surface area contributed by atoms with Crippen molar-refractivity contribution < 1.29 is 4.79 Å². The van der Waals surface area contributed by atoms with Crippen LogP contribution in [0.5, 0.6) is 0 Å². The highest BCUT2D eigenvalue weighted by atomic mass is 16.1. The van der Waals surface area contributed by atoms with Crippen molar-refractivity contribution in [1.29, 1.82) is 0 Å². The third-order valence-electron chi connectivity index (χ3n) is 5.36. The van der Waals surface area contributed by atoms with E-state index in [1.165, 1.54) is 12.8 Å². The molecule has 1 aliphatic carbocycles. The van der Waals surface area contributed by atoms with E-state index >= 15 is 0 Å². The van der Waals surface area contributed by atoms with Gasteiger partial charge in [-0.1, -0.05) is 13.8 Å². The number of rotatable bonds is 7. The zero-order valence-corrected chi connectivity index (χ0v) is 13.3. The van der Waals surface area contributed by atoms with Crippen LogP contribution in [0.4, 0.5) is 0 Å². The first kappa shape index (κ1) is 15.8. The van der Waals surface area contributed by atoms with Gasteiger partial charge in [0.2, 0.25) is 5.91 Å². The molecule has 20 heavy (non-hydrogen) atoms. The number of hydrogen-bond acceptors (Lipinski definition) is 3. The van der Waals surface area contributed by atoms with Crippen molar-refractivity contribution >= 4 is 5.91 Å². The number of nitrogens with one attached hydrogen (secondary N) is 1.